The highest BCUT2D eigenvalue weighted by Crippen LogP contribution is 2.28. The van der Waals surface area contributed by atoms with E-state index in [1.165, 1.54) is 11.8 Å². The Bertz CT molecular complexity index is 1370. The molecule has 5 rings (SSSR count). The van der Waals surface area contributed by atoms with E-state index >= 15 is 0 Å². The maximum atomic E-state index is 12.3. The van der Waals surface area contributed by atoms with E-state index in [4.69, 9.17) is 17.0 Å². The summed E-state index contributed by atoms with van der Waals surface area (Å²) in [7, 11) is 0. The third-order valence-electron chi connectivity index (χ3n) is 5.94. The number of piperazine rings is 1. The molecule has 3 aromatic rings. The van der Waals surface area contributed by atoms with Crippen molar-refractivity contribution in [3.05, 3.63) is 59.3 Å². The topological polar surface area (TPSA) is 79.7 Å². The van der Waals surface area contributed by atoms with Crippen molar-refractivity contribution < 1.29 is 14.3 Å². The zero-order valence-electron chi connectivity index (χ0n) is 20.4. The molecule has 2 aromatic carbocycles. The molecule has 1 N–H and O–H groups in total. The van der Waals surface area contributed by atoms with Gasteiger partial charge < -0.3 is 19.9 Å². The van der Waals surface area contributed by atoms with Gasteiger partial charge >= 0.3 is 6.09 Å². The Labute approximate surface area is 219 Å². The molecule has 1 aromatic heterocycles. The van der Waals surface area contributed by atoms with Gasteiger partial charge in [-0.3, -0.25) is 9.36 Å². The summed E-state index contributed by atoms with van der Waals surface area (Å²) in [5, 5.41) is 2.65. The first kappa shape index (κ1) is 24.3. The third-order valence-corrected chi connectivity index (χ3v) is 7.10. The second kappa shape index (κ2) is 9.59. The number of anilines is 1. The van der Waals surface area contributed by atoms with Crippen molar-refractivity contribution >= 4 is 63.1 Å². The van der Waals surface area contributed by atoms with Gasteiger partial charge in [-0.15, -0.1) is 0 Å². The molecule has 186 valence electrons. The Hall–Kier alpha value is -3.37. The molecule has 0 aliphatic carbocycles. The standard InChI is InChI=1S/C26H27N5O3S2/c1-26(2,3)34-25(33)30-12-10-29(11-13-30)18-5-7-19(8-6-18)31-16-27-20-9-4-17(14-21(20)31)15-22-23(32)28-24(35)36-22/h4-9,14-16H,10-13H2,1-3H3,(H,28,32,35). The van der Waals surface area contributed by atoms with Crippen LogP contribution in [0.25, 0.3) is 22.8 Å². The smallest absolute Gasteiger partial charge is 0.410 e. The highest BCUT2D eigenvalue weighted by Gasteiger charge is 2.26. The molecule has 0 bridgehead atoms. The van der Waals surface area contributed by atoms with Crippen LogP contribution in [0.5, 0.6) is 0 Å². The molecule has 0 radical (unpaired) electrons. The highest BCUT2D eigenvalue weighted by molar-refractivity contribution is 8.26. The average molecular weight is 522 g/mol. The lowest BCUT2D eigenvalue weighted by atomic mass is 10.1. The maximum absolute atomic E-state index is 12.3. The van der Waals surface area contributed by atoms with Crippen molar-refractivity contribution in [2.75, 3.05) is 31.1 Å². The fourth-order valence-electron chi connectivity index (χ4n) is 4.19. The van der Waals surface area contributed by atoms with Crippen LogP contribution in [-0.4, -0.2) is 62.6 Å². The fourth-order valence-corrected chi connectivity index (χ4v) is 5.23. The number of ether oxygens (including phenoxy) is 1. The number of nitrogens with zero attached hydrogens (tertiary/aromatic N) is 4. The number of benzene rings is 2. The molecule has 2 fully saturated rings. The molecule has 0 atom stereocenters. The Morgan fingerprint density at radius 2 is 1.78 bits per heavy atom. The molecule has 0 saturated carbocycles. The van der Waals surface area contributed by atoms with E-state index in [9.17, 15) is 9.59 Å². The van der Waals surface area contributed by atoms with Gasteiger partial charge in [0.2, 0.25) is 0 Å². The lowest BCUT2D eigenvalue weighted by molar-refractivity contribution is -0.115. The Balaban J connectivity index is 1.30. The van der Waals surface area contributed by atoms with Crippen molar-refractivity contribution in [1.29, 1.82) is 0 Å². The van der Waals surface area contributed by atoms with Gasteiger partial charge in [0, 0.05) is 37.6 Å². The molecule has 8 nitrogen and oxygen atoms in total. The zero-order valence-corrected chi connectivity index (χ0v) is 22.0. The van der Waals surface area contributed by atoms with Crippen molar-refractivity contribution in [3.8, 4) is 5.69 Å². The Morgan fingerprint density at radius 1 is 1.08 bits per heavy atom. The number of carbonyl (C=O) groups excluding carboxylic acids is 2. The molecule has 3 heterocycles. The van der Waals surface area contributed by atoms with Crippen LogP contribution in [0.3, 0.4) is 0 Å². The summed E-state index contributed by atoms with van der Waals surface area (Å²) in [6, 6.07) is 14.2. The van der Waals surface area contributed by atoms with Gasteiger partial charge in [0.05, 0.1) is 15.9 Å². The lowest BCUT2D eigenvalue weighted by Gasteiger charge is -2.36. The second-order valence-corrected chi connectivity index (χ2v) is 11.4. The van der Waals surface area contributed by atoms with Gasteiger partial charge in [0.25, 0.3) is 5.91 Å². The number of nitrogens with one attached hydrogen (secondary N) is 1. The lowest BCUT2D eigenvalue weighted by Crippen LogP contribution is -2.50. The van der Waals surface area contributed by atoms with E-state index in [1.54, 1.807) is 4.90 Å². The van der Waals surface area contributed by atoms with Crippen molar-refractivity contribution in [2.45, 2.75) is 26.4 Å². The van der Waals surface area contributed by atoms with E-state index in [0.29, 0.717) is 22.3 Å². The van der Waals surface area contributed by atoms with Crippen LogP contribution in [0, 0.1) is 0 Å². The Morgan fingerprint density at radius 3 is 2.42 bits per heavy atom. The number of imidazole rings is 1. The van der Waals surface area contributed by atoms with Gasteiger partial charge in [-0.2, -0.15) is 0 Å². The number of aromatic nitrogens is 2. The number of fused-ring (bicyclic) bond motifs is 1. The minimum absolute atomic E-state index is 0.166. The average Bonchev–Trinajstić information content (AvgIpc) is 3.40. The number of thiocarbonyl (C=S) groups is 1. The summed E-state index contributed by atoms with van der Waals surface area (Å²) in [6.07, 6.45) is 3.40. The van der Waals surface area contributed by atoms with Crippen LogP contribution < -0.4 is 10.2 Å². The van der Waals surface area contributed by atoms with E-state index in [2.05, 4.69) is 39.5 Å². The maximum Gasteiger partial charge on any atom is 0.410 e. The van der Waals surface area contributed by atoms with E-state index in [0.717, 1.165) is 41.1 Å². The van der Waals surface area contributed by atoms with E-state index < -0.39 is 5.60 Å². The molecule has 10 heteroatoms. The summed E-state index contributed by atoms with van der Waals surface area (Å²) in [4.78, 5) is 33.5. The molecule has 2 aliphatic rings. The quantitative estimate of drug-likeness (QED) is 0.400. The first-order valence-corrected chi connectivity index (χ1v) is 12.9. The number of hydrogen-bond acceptors (Lipinski definition) is 7. The molecule has 2 aliphatic heterocycles. The van der Waals surface area contributed by atoms with Gasteiger partial charge in [-0.25, -0.2) is 9.78 Å². The van der Waals surface area contributed by atoms with Gasteiger partial charge in [-0.1, -0.05) is 30.0 Å². The largest absolute Gasteiger partial charge is 0.444 e. The number of rotatable bonds is 3. The van der Waals surface area contributed by atoms with Crippen molar-refractivity contribution in [2.24, 2.45) is 0 Å². The Kier molecular flexibility index (Phi) is 6.48. The summed E-state index contributed by atoms with van der Waals surface area (Å²) >= 11 is 6.35. The SMILES string of the molecule is CC(C)(C)OC(=O)N1CCN(c2ccc(-n3cnc4ccc(C=C5SC(=S)NC5=O)cc43)cc2)CC1. The van der Waals surface area contributed by atoms with Crippen LogP contribution in [0.4, 0.5) is 10.5 Å². The molecule has 0 spiro atoms. The molecule has 0 unspecified atom stereocenters. The predicted molar refractivity (Wildman–Crippen MR) is 147 cm³/mol. The molecule has 36 heavy (non-hydrogen) atoms. The molecular weight excluding hydrogens is 494 g/mol. The van der Waals surface area contributed by atoms with Crippen LogP contribution >= 0.6 is 24.0 Å². The van der Waals surface area contributed by atoms with Gasteiger partial charge in [0.15, 0.2) is 0 Å². The van der Waals surface area contributed by atoms with Gasteiger partial charge in [0.1, 0.15) is 16.2 Å². The molecular formula is C26H27N5O3S2. The minimum atomic E-state index is -0.489. The van der Waals surface area contributed by atoms with Gasteiger partial charge in [-0.05, 0) is 68.8 Å². The number of amides is 2. The normalized spacial score (nSPS) is 17.7. The van der Waals surface area contributed by atoms with E-state index in [-0.39, 0.29) is 12.0 Å². The number of carbonyl (C=O) groups is 2. The number of thioether (sulfide) groups is 1. The first-order valence-electron chi connectivity index (χ1n) is 11.7. The molecule has 2 saturated heterocycles. The summed E-state index contributed by atoms with van der Waals surface area (Å²) in [6.45, 7) is 8.40. The highest BCUT2D eigenvalue weighted by atomic mass is 32.2. The van der Waals surface area contributed by atoms with Crippen molar-refractivity contribution in [3.63, 3.8) is 0 Å². The second-order valence-electron chi connectivity index (χ2n) is 9.69. The summed E-state index contributed by atoms with van der Waals surface area (Å²) in [5.74, 6) is -0.166. The monoisotopic (exact) mass is 521 g/mol. The van der Waals surface area contributed by atoms with Crippen LogP contribution in [0.1, 0.15) is 26.3 Å². The fraction of sp³-hybridized carbons (Fsp3) is 0.308. The van der Waals surface area contributed by atoms with Crippen LogP contribution in [-0.2, 0) is 9.53 Å². The van der Waals surface area contributed by atoms with Crippen molar-refractivity contribution in [1.82, 2.24) is 19.8 Å². The minimum Gasteiger partial charge on any atom is -0.444 e. The first-order chi connectivity index (χ1) is 17.2. The predicted octanol–water partition coefficient (Wildman–Crippen LogP) is 4.57. The summed E-state index contributed by atoms with van der Waals surface area (Å²) < 4.78 is 8.01. The van der Waals surface area contributed by atoms with E-state index in [1.807, 2.05) is 55.9 Å². The zero-order chi connectivity index (χ0) is 25.4. The molecule has 2 amide bonds. The third kappa shape index (κ3) is 5.24. The van der Waals surface area contributed by atoms with Crippen LogP contribution in [0.15, 0.2) is 53.7 Å². The number of hydrogen-bond donors (Lipinski definition) is 1. The summed E-state index contributed by atoms with van der Waals surface area (Å²) in [5.41, 5.74) is 4.35. The van der Waals surface area contributed by atoms with Crippen LogP contribution in [0.2, 0.25) is 0 Å².